The van der Waals surface area contributed by atoms with Crippen molar-refractivity contribution in [1.29, 1.82) is 0 Å². The lowest BCUT2D eigenvalue weighted by Crippen LogP contribution is -2.22. The molecule has 134 valence electrons. The van der Waals surface area contributed by atoms with Gasteiger partial charge in [-0.15, -0.1) is 11.3 Å². The molecule has 4 nitrogen and oxygen atoms in total. The van der Waals surface area contributed by atoms with Gasteiger partial charge in [0.15, 0.2) is 0 Å². The number of thiazole rings is 1. The van der Waals surface area contributed by atoms with Crippen molar-refractivity contribution in [2.24, 2.45) is 0 Å². The fourth-order valence-electron chi connectivity index (χ4n) is 2.70. The third-order valence-electron chi connectivity index (χ3n) is 4.10. The highest BCUT2D eigenvalue weighted by Gasteiger charge is 2.11. The normalized spacial score (nSPS) is 10.5. The van der Waals surface area contributed by atoms with Gasteiger partial charge in [-0.3, -0.25) is 4.79 Å². The minimum absolute atomic E-state index is 0.0369. The summed E-state index contributed by atoms with van der Waals surface area (Å²) in [5, 5.41) is 5.81. The van der Waals surface area contributed by atoms with E-state index in [1.807, 2.05) is 54.8 Å². The van der Waals surface area contributed by atoms with Crippen LogP contribution in [-0.4, -0.2) is 17.4 Å². The highest BCUT2D eigenvalue weighted by molar-refractivity contribution is 7.09. The monoisotopic (exact) mass is 365 g/mol. The van der Waals surface area contributed by atoms with Crippen LogP contribution in [0.3, 0.4) is 0 Å². The van der Waals surface area contributed by atoms with Crippen molar-refractivity contribution in [3.05, 3.63) is 76.2 Å². The first-order chi connectivity index (χ1) is 12.6. The molecule has 26 heavy (non-hydrogen) atoms. The fourth-order valence-corrected chi connectivity index (χ4v) is 3.49. The Morgan fingerprint density at radius 1 is 1.12 bits per heavy atom. The number of aromatic nitrogens is 1. The Morgan fingerprint density at radius 3 is 2.54 bits per heavy atom. The summed E-state index contributed by atoms with van der Waals surface area (Å²) in [5.41, 5.74) is 4.17. The lowest BCUT2D eigenvalue weighted by Gasteiger charge is -2.21. The van der Waals surface area contributed by atoms with Crippen LogP contribution in [0.15, 0.2) is 60.0 Å². The first kappa shape index (κ1) is 18.1. The summed E-state index contributed by atoms with van der Waals surface area (Å²) in [6.45, 7) is 5.81. The van der Waals surface area contributed by atoms with Gasteiger partial charge >= 0.3 is 0 Å². The fraction of sp³-hybridized carbons (Fsp3) is 0.238. The molecular weight excluding hydrogens is 342 g/mol. The summed E-state index contributed by atoms with van der Waals surface area (Å²) in [6.07, 6.45) is 0.302. The van der Waals surface area contributed by atoms with Crippen LogP contribution in [0, 0.1) is 6.92 Å². The number of aryl methyl sites for hydroxylation is 1. The van der Waals surface area contributed by atoms with Crippen LogP contribution in [0.4, 0.5) is 11.4 Å². The van der Waals surface area contributed by atoms with Crippen LogP contribution in [0.2, 0.25) is 0 Å². The maximum Gasteiger partial charge on any atom is 0.231 e. The van der Waals surface area contributed by atoms with E-state index in [1.54, 1.807) is 0 Å². The number of para-hydroxylation sites is 1. The summed E-state index contributed by atoms with van der Waals surface area (Å²) in [4.78, 5) is 19.1. The van der Waals surface area contributed by atoms with E-state index in [4.69, 9.17) is 0 Å². The summed E-state index contributed by atoms with van der Waals surface area (Å²) >= 11 is 1.54. The van der Waals surface area contributed by atoms with Crippen molar-refractivity contribution < 1.29 is 4.79 Å². The average molecular weight is 366 g/mol. The molecule has 0 saturated carbocycles. The van der Waals surface area contributed by atoms with Crippen molar-refractivity contribution in [2.75, 3.05) is 16.8 Å². The average Bonchev–Trinajstić information content (AvgIpc) is 3.09. The van der Waals surface area contributed by atoms with E-state index in [0.717, 1.165) is 29.5 Å². The zero-order chi connectivity index (χ0) is 18.4. The quantitative estimate of drug-likeness (QED) is 0.662. The topological polar surface area (TPSA) is 45.2 Å². The van der Waals surface area contributed by atoms with E-state index in [0.29, 0.717) is 6.42 Å². The minimum Gasteiger partial charge on any atom is -0.366 e. The number of hydrogen-bond acceptors (Lipinski definition) is 4. The molecule has 0 radical (unpaired) electrons. The highest BCUT2D eigenvalue weighted by atomic mass is 32.1. The predicted molar refractivity (Wildman–Crippen MR) is 109 cm³/mol. The number of carbonyl (C=O) groups is 1. The van der Waals surface area contributed by atoms with Gasteiger partial charge in [0.1, 0.15) is 5.01 Å². The number of hydrogen-bond donors (Lipinski definition) is 1. The molecule has 0 atom stereocenters. The molecule has 1 amide bonds. The molecule has 1 N–H and O–H groups in total. The van der Waals surface area contributed by atoms with E-state index in [9.17, 15) is 4.79 Å². The zero-order valence-electron chi connectivity index (χ0n) is 15.1. The number of anilines is 2. The van der Waals surface area contributed by atoms with E-state index in [-0.39, 0.29) is 5.91 Å². The molecule has 0 aliphatic rings. The molecule has 0 saturated heterocycles. The third-order valence-corrected chi connectivity index (χ3v) is 5.00. The van der Waals surface area contributed by atoms with Gasteiger partial charge in [-0.1, -0.05) is 35.9 Å². The van der Waals surface area contributed by atoms with Crippen LogP contribution in [0.5, 0.6) is 0 Å². The van der Waals surface area contributed by atoms with Crippen LogP contribution in [0.25, 0.3) is 0 Å². The van der Waals surface area contributed by atoms with Gasteiger partial charge in [0.25, 0.3) is 0 Å². The molecule has 0 aliphatic carbocycles. The molecule has 0 fully saturated rings. The summed E-state index contributed by atoms with van der Waals surface area (Å²) in [5.74, 6) is -0.0369. The first-order valence-electron chi connectivity index (χ1n) is 8.74. The Bertz CT molecular complexity index is 843. The number of nitrogens with zero attached hydrogens (tertiary/aromatic N) is 2. The Balaban J connectivity index is 1.58. The van der Waals surface area contributed by atoms with Gasteiger partial charge in [-0.2, -0.15) is 0 Å². The van der Waals surface area contributed by atoms with Crippen molar-refractivity contribution in [1.82, 2.24) is 4.98 Å². The van der Waals surface area contributed by atoms with Crippen LogP contribution in [0.1, 0.15) is 23.2 Å². The second kappa shape index (κ2) is 8.63. The Hall–Kier alpha value is -2.66. The van der Waals surface area contributed by atoms with E-state index in [2.05, 4.69) is 34.3 Å². The lowest BCUT2D eigenvalue weighted by atomic mass is 10.2. The van der Waals surface area contributed by atoms with Crippen molar-refractivity contribution in [2.45, 2.75) is 26.8 Å². The number of rotatable bonds is 7. The minimum atomic E-state index is -0.0369. The second-order valence-electron chi connectivity index (χ2n) is 6.17. The van der Waals surface area contributed by atoms with Gasteiger partial charge < -0.3 is 10.2 Å². The molecule has 3 aromatic rings. The third kappa shape index (κ3) is 4.92. The lowest BCUT2D eigenvalue weighted by molar-refractivity contribution is -0.115. The van der Waals surface area contributed by atoms with Gasteiger partial charge in [-0.05, 0) is 38.1 Å². The van der Waals surface area contributed by atoms with Crippen LogP contribution in [-0.2, 0) is 17.8 Å². The Labute approximate surface area is 158 Å². The van der Waals surface area contributed by atoms with Crippen molar-refractivity contribution in [3.63, 3.8) is 0 Å². The van der Waals surface area contributed by atoms with Gasteiger partial charge in [-0.25, -0.2) is 4.98 Å². The summed E-state index contributed by atoms with van der Waals surface area (Å²) in [6, 6.07) is 18.1. The first-order valence-corrected chi connectivity index (χ1v) is 9.62. The molecule has 0 aliphatic heterocycles. The van der Waals surface area contributed by atoms with Crippen molar-refractivity contribution in [3.8, 4) is 0 Å². The predicted octanol–water partition coefficient (Wildman–Crippen LogP) is 4.66. The second-order valence-corrected chi connectivity index (χ2v) is 7.12. The van der Waals surface area contributed by atoms with E-state index < -0.39 is 0 Å². The van der Waals surface area contributed by atoms with E-state index in [1.165, 1.54) is 22.6 Å². The Kier molecular flexibility index (Phi) is 6.02. The number of amides is 1. The molecular formula is C21H23N3OS. The van der Waals surface area contributed by atoms with E-state index >= 15 is 0 Å². The number of benzene rings is 2. The molecule has 0 unspecified atom stereocenters. The molecule has 5 heteroatoms. The maximum atomic E-state index is 12.2. The maximum absolute atomic E-state index is 12.2. The summed E-state index contributed by atoms with van der Waals surface area (Å²) in [7, 11) is 0. The van der Waals surface area contributed by atoms with Crippen molar-refractivity contribution >= 4 is 28.6 Å². The molecule has 3 rings (SSSR count). The zero-order valence-corrected chi connectivity index (χ0v) is 15.9. The SMILES string of the molecule is CCN(Cc1csc(CC(=O)Nc2ccc(C)cc2)n1)c1ccccc1. The molecule has 0 bridgehead atoms. The van der Waals surface area contributed by atoms with Crippen LogP contribution < -0.4 is 10.2 Å². The van der Waals surface area contributed by atoms with Crippen LogP contribution >= 0.6 is 11.3 Å². The smallest absolute Gasteiger partial charge is 0.231 e. The van der Waals surface area contributed by atoms with Gasteiger partial charge in [0, 0.05) is 23.3 Å². The summed E-state index contributed by atoms with van der Waals surface area (Å²) < 4.78 is 0. The molecule has 1 heterocycles. The highest BCUT2D eigenvalue weighted by Crippen LogP contribution is 2.18. The Morgan fingerprint density at radius 2 is 1.85 bits per heavy atom. The number of carbonyl (C=O) groups excluding carboxylic acids is 1. The standard InChI is InChI=1S/C21H23N3OS/c1-3-24(19-7-5-4-6-8-19)14-18-15-26-21(23-18)13-20(25)22-17-11-9-16(2)10-12-17/h4-12,15H,3,13-14H2,1-2H3,(H,22,25). The molecule has 0 spiro atoms. The number of nitrogens with one attached hydrogen (secondary N) is 1. The molecule has 1 aromatic heterocycles. The molecule has 2 aromatic carbocycles. The van der Waals surface area contributed by atoms with Gasteiger partial charge in [0.2, 0.25) is 5.91 Å². The largest absolute Gasteiger partial charge is 0.366 e. The van der Waals surface area contributed by atoms with Gasteiger partial charge in [0.05, 0.1) is 18.7 Å².